The number of halogens is 1. The number of furan rings is 1. The molecule has 4 atom stereocenters. The van der Waals surface area contributed by atoms with E-state index < -0.39 is 24.2 Å². The van der Waals surface area contributed by atoms with E-state index in [4.69, 9.17) is 21.8 Å². The second kappa shape index (κ2) is 6.93. The van der Waals surface area contributed by atoms with E-state index in [9.17, 15) is 15.3 Å². The summed E-state index contributed by atoms with van der Waals surface area (Å²) in [6, 6.07) is 4.68. The number of anilines is 2. The average Bonchev–Trinajstić information content (AvgIpc) is 3.17. The first kappa shape index (κ1) is 17.9. The van der Waals surface area contributed by atoms with Gasteiger partial charge in [0.15, 0.2) is 5.58 Å². The SMILES string of the molecule is Nc1nc(Cl)c(-c2cc3ncccc3o2)c(N[C@@H]2C[C@H](CO)[C@@H](O)[C@H]2O)n1. The summed E-state index contributed by atoms with van der Waals surface area (Å²) >= 11 is 6.30. The maximum Gasteiger partial charge on any atom is 0.223 e. The van der Waals surface area contributed by atoms with Gasteiger partial charge in [-0.3, -0.25) is 4.98 Å². The quantitative estimate of drug-likeness (QED) is 0.411. The highest BCUT2D eigenvalue weighted by Gasteiger charge is 2.41. The van der Waals surface area contributed by atoms with Crippen molar-refractivity contribution in [2.75, 3.05) is 17.7 Å². The number of fused-ring (bicyclic) bond motifs is 1. The number of rotatable bonds is 4. The Morgan fingerprint density at radius 3 is 2.81 bits per heavy atom. The lowest BCUT2D eigenvalue weighted by molar-refractivity contribution is 0.00446. The van der Waals surface area contributed by atoms with Crippen LogP contribution in [0.4, 0.5) is 11.8 Å². The minimum atomic E-state index is -1.08. The number of nitrogen functional groups attached to an aromatic ring is 1. The predicted octanol–water partition coefficient (Wildman–Crippen LogP) is 1.03. The number of nitrogens with zero attached hydrogens (tertiary/aromatic N) is 3. The molecule has 4 rings (SSSR count). The second-order valence-electron chi connectivity index (χ2n) is 6.50. The number of pyridine rings is 1. The molecular formula is C17H18ClN5O4. The third-order valence-corrected chi connectivity index (χ3v) is 5.05. The fourth-order valence-electron chi connectivity index (χ4n) is 3.39. The minimum Gasteiger partial charge on any atom is -0.454 e. The summed E-state index contributed by atoms with van der Waals surface area (Å²) in [5, 5.41) is 32.8. The van der Waals surface area contributed by atoms with Crippen LogP contribution < -0.4 is 11.1 Å². The van der Waals surface area contributed by atoms with Gasteiger partial charge < -0.3 is 30.8 Å². The molecule has 0 amide bonds. The molecule has 6 N–H and O–H groups in total. The average molecular weight is 392 g/mol. The molecule has 9 nitrogen and oxygen atoms in total. The Balaban J connectivity index is 1.75. The van der Waals surface area contributed by atoms with Crippen LogP contribution in [0.15, 0.2) is 28.8 Å². The first-order chi connectivity index (χ1) is 13.0. The third kappa shape index (κ3) is 3.19. The molecule has 0 aromatic carbocycles. The van der Waals surface area contributed by atoms with E-state index in [2.05, 4.69) is 20.3 Å². The van der Waals surface area contributed by atoms with Gasteiger partial charge in [-0.05, 0) is 18.6 Å². The van der Waals surface area contributed by atoms with E-state index >= 15 is 0 Å². The molecule has 10 heteroatoms. The van der Waals surface area contributed by atoms with Gasteiger partial charge in [-0.15, -0.1) is 0 Å². The number of aliphatic hydroxyl groups is 3. The summed E-state index contributed by atoms with van der Waals surface area (Å²) in [4.78, 5) is 12.4. The first-order valence-corrected chi connectivity index (χ1v) is 8.77. The molecule has 0 bridgehead atoms. The van der Waals surface area contributed by atoms with Gasteiger partial charge in [-0.1, -0.05) is 11.6 Å². The highest BCUT2D eigenvalue weighted by atomic mass is 35.5. The molecule has 27 heavy (non-hydrogen) atoms. The molecule has 0 saturated heterocycles. The Labute approximate surface area is 158 Å². The first-order valence-electron chi connectivity index (χ1n) is 8.39. The summed E-state index contributed by atoms with van der Waals surface area (Å²) in [5.74, 6) is 0.169. The number of nitrogens with one attached hydrogen (secondary N) is 1. The van der Waals surface area contributed by atoms with Crippen LogP contribution in [0.5, 0.6) is 0 Å². The molecule has 1 fully saturated rings. The second-order valence-corrected chi connectivity index (χ2v) is 6.86. The molecule has 142 valence electrons. The zero-order valence-corrected chi connectivity index (χ0v) is 14.8. The molecule has 0 spiro atoms. The topological polar surface area (TPSA) is 151 Å². The van der Waals surface area contributed by atoms with E-state index in [0.29, 0.717) is 28.8 Å². The van der Waals surface area contributed by atoms with Gasteiger partial charge in [0, 0.05) is 24.8 Å². The summed E-state index contributed by atoms with van der Waals surface area (Å²) in [6.45, 7) is -0.231. The van der Waals surface area contributed by atoms with E-state index in [1.54, 1.807) is 24.4 Å². The van der Waals surface area contributed by atoms with Crippen molar-refractivity contribution in [2.24, 2.45) is 5.92 Å². The van der Waals surface area contributed by atoms with Crippen LogP contribution in [-0.2, 0) is 0 Å². The molecule has 0 aliphatic heterocycles. The maximum absolute atomic E-state index is 10.3. The zero-order chi connectivity index (χ0) is 19.1. The summed E-state index contributed by atoms with van der Waals surface area (Å²) in [7, 11) is 0. The standard InChI is InChI=1S/C17H18ClN5O4/c18-15-12(11-5-8-10(27-11)2-1-3-20-8)16(23-17(19)22-15)21-9-4-7(6-24)13(25)14(9)26/h1-3,5,7,9,13-14,24-26H,4,6H2,(H3,19,21,22,23)/t7-,9-,13-,14+/m1/s1. The summed E-state index contributed by atoms with van der Waals surface area (Å²) in [5.41, 5.74) is 7.32. The molecule has 3 aromatic rings. The van der Waals surface area contributed by atoms with Crippen molar-refractivity contribution in [3.63, 3.8) is 0 Å². The molecule has 1 aliphatic carbocycles. The van der Waals surface area contributed by atoms with Crippen LogP contribution in [0.2, 0.25) is 5.15 Å². The van der Waals surface area contributed by atoms with Crippen LogP contribution in [0, 0.1) is 5.92 Å². The number of aromatic nitrogens is 3. The largest absolute Gasteiger partial charge is 0.454 e. The molecule has 1 aliphatic rings. The van der Waals surface area contributed by atoms with Gasteiger partial charge in [0.25, 0.3) is 0 Å². The molecule has 3 heterocycles. The lowest BCUT2D eigenvalue weighted by Gasteiger charge is -2.20. The molecule has 0 unspecified atom stereocenters. The van der Waals surface area contributed by atoms with Gasteiger partial charge in [0.2, 0.25) is 5.95 Å². The van der Waals surface area contributed by atoms with Crippen LogP contribution in [0.1, 0.15) is 6.42 Å². The fourth-order valence-corrected chi connectivity index (χ4v) is 3.66. The Hall–Kier alpha value is -2.46. The normalized spacial score (nSPS) is 25.2. The Morgan fingerprint density at radius 2 is 2.11 bits per heavy atom. The summed E-state index contributed by atoms with van der Waals surface area (Å²) in [6.07, 6.45) is -0.127. The van der Waals surface area contributed by atoms with Crippen molar-refractivity contribution in [3.05, 3.63) is 29.5 Å². The van der Waals surface area contributed by atoms with Gasteiger partial charge in [-0.2, -0.15) is 4.98 Å². The molecule has 3 aromatic heterocycles. The van der Waals surface area contributed by atoms with Gasteiger partial charge in [-0.25, -0.2) is 4.98 Å². The van der Waals surface area contributed by atoms with E-state index in [1.165, 1.54) is 0 Å². The zero-order valence-electron chi connectivity index (χ0n) is 14.1. The molecule has 1 saturated carbocycles. The minimum absolute atomic E-state index is 0.0489. The van der Waals surface area contributed by atoms with Crippen molar-refractivity contribution in [3.8, 4) is 11.3 Å². The lowest BCUT2D eigenvalue weighted by atomic mass is 10.1. The Kier molecular flexibility index (Phi) is 4.60. The number of nitrogens with two attached hydrogens (primary N) is 1. The van der Waals surface area contributed by atoms with Crippen molar-refractivity contribution in [1.29, 1.82) is 0 Å². The predicted molar refractivity (Wildman–Crippen MR) is 99.1 cm³/mol. The number of hydrogen-bond donors (Lipinski definition) is 5. The highest BCUT2D eigenvalue weighted by molar-refractivity contribution is 6.32. The van der Waals surface area contributed by atoms with Crippen molar-refractivity contribution in [2.45, 2.75) is 24.7 Å². The monoisotopic (exact) mass is 391 g/mol. The summed E-state index contributed by atoms with van der Waals surface area (Å²) < 4.78 is 5.81. The van der Waals surface area contributed by atoms with Crippen LogP contribution >= 0.6 is 11.6 Å². The maximum atomic E-state index is 10.3. The van der Waals surface area contributed by atoms with Crippen molar-refractivity contribution in [1.82, 2.24) is 15.0 Å². The Bertz CT molecular complexity index is 948. The van der Waals surface area contributed by atoms with Crippen LogP contribution in [0.3, 0.4) is 0 Å². The van der Waals surface area contributed by atoms with Gasteiger partial charge in [0.05, 0.1) is 17.7 Å². The van der Waals surface area contributed by atoms with Crippen molar-refractivity contribution < 1.29 is 19.7 Å². The smallest absolute Gasteiger partial charge is 0.223 e. The highest BCUT2D eigenvalue weighted by Crippen LogP contribution is 2.38. The number of aliphatic hydroxyl groups excluding tert-OH is 3. The molecule has 0 radical (unpaired) electrons. The fraction of sp³-hybridized carbons (Fsp3) is 0.353. The van der Waals surface area contributed by atoms with E-state index in [1.807, 2.05) is 0 Å². The Morgan fingerprint density at radius 1 is 1.30 bits per heavy atom. The van der Waals surface area contributed by atoms with E-state index in [0.717, 1.165) is 0 Å². The lowest BCUT2D eigenvalue weighted by Crippen LogP contribution is -2.35. The van der Waals surface area contributed by atoms with Crippen molar-refractivity contribution >= 4 is 34.5 Å². The number of hydrogen-bond acceptors (Lipinski definition) is 9. The van der Waals surface area contributed by atoms with E-state index in [-0.39, 0.29) is 23.5 Å². The van der Waals surface area contributed by atoms with Crippen LogP contribution in [-0.4, -0.2) is 55.1 Å². The van der Waals surface area contributed by atoms with Gasteiger partial charge in [0.1, 0.15) is 28.4 Å². The third-order valence-electron chi connectivity index (χ3n) is 4.77. The van der Waals surface area contributed by atoms with Gasteiger partial charge >= 0.3 is 0 Å². The van der Waals surface area contributed by atoms with Crippen LogP contribution in [0.25, 0.3) is 22.4 Å². The molecular weight excluding hydrogens is 374 g/mol.